The van der Waals surface area contributed by atoms with Crippen LogP contribution < -0.4 is 0 Å². The highest BCUT2D eigenvalue weighted by Gasteiger charge is 2.26. The summed E-state index contributed by atoms with van der Waals surface area (Å²) >= 11 is 0. The number of rotatable bonds is 37. The van der Waals surface area contributed by atoms with Crippen molar-refractivity contribution in [1.29, 1.82) is 0 Å². The van der Waals surface area contributed by atoms with Gasteiger partial charge in [-0.15, -0.1) is 0 Å². The molecule has 298 valence electrons. The summed E-state index contributed by atoms with van der Waals surface area (Å²) in [6.07, 6.45) is 42.4. The van der Waals surface area contributed by atoms with Crippen LogP contribution in [0.25, 0.3) is 0 Å². The minimum Gasteiger partial charge on any atom is -0.498 e. The molecule has 0 saturated carbocycles. The Hall–Kier alpha value is -1.70. The number of phosphoric ester groups is 1. The molecule has 0 aromatic carbocycles. The number of allylic oxidation sites excluding steroid dienone is 7. The van der Waals surface area contributed by atoms with Crippen molar-refractivity contribution in [1.82, 2.24) is 0 Å². The molecule has 9 heteroatoms. The predicted molar refractivity (Wildman–Crippen MR) is 215 cm³/mol. The lowest BCUT2D eigenvalue weighted by Gasteiger charge is -2.24. The molecule has 0 fully saturated rings. The first-order chi connectivity index (χ1) is 24.6. The molecule has 0 heterocycles. The smallest absolute Gasteiger partial charge is 0.472 e. The molecule has 0 rings (SSSR count). The van der Waals surface area contributed by atoms with Crippen molar-refractivity contribution in [2.45, 2.75) is 168 Å². The highest BCUT2D eigenvalue weighted by Crippen LogP contribution is 2.43. The monoisotopic (exact) mass is 741 g/mol. The molecule has 0 bridgehead atoms. The Bertz CT molecular complexity index is 957. The van der Waals surface area contributed by atoms with Crippen molar-refractivity contribution in [2.75, 3.05) is 47.5 Å². The summed E-state index contributed by atoms with van der Waals surface area (Å²) in [5, 5.41) is 0. The molecule has 0 spiro atoms. The highest BCUT2D eigenvalue weighted by atomic mass is 31.2. The van der Waals surface area contributed by atoms with Crippen LogP contribution in [0.1, 0.15) is 162 Å². The average Bonchev–Trinajstić information content (AvgIpc) is 3.08. The van der Waals surface area contributed by atoms with Gasteiger partial charge in [-0.05, 0) is 63.9 Å². The van der Waals surface area contributed by atoms with E-state index in [1.54, 1.807) is 6.26 Å². The van der Waals surface area contributed by atoms with Crippen molar-refractivity contribution in [3.05, 3.63) is 48.8 Å². The van der Waals surface area contributed by atoms with E-state index in [0.29, 0.717) is 17.4 Å². The Balaban J connectivity index is 4.41. The van der Waals surface area contributed by atoms with Gasteiger partial charge in [-0.2, -0.15) is 0 Å². The van der Waals surface area contributed by atoms with Gasteiger partial charge in [0.1, 0.15) is 19.8 Å². The number of unbranched alkanes of at least 4 members (excludes halogenated alkanes) is 17. The van der Waals surface area contributed by atoms with Gasteiger partial charge in [-0.25, -0.2) is 4.57 Å². The third kappa shape index (κ3) is 39.3. The Kier molecular flexibility index (Phi) is 34.2. The van der Waals surface area contributed by atoms with Gasteiger partial charge in [0.25, 0.3) is 0 Å². The lowest BCUT2D eigenvalue weighted by molar-refractivity contribution is -0.870. The number of ether oxygens (including phenoxy) is 2. The first-order valence-corrected chi connectivity index (χ1v) is 21.9. The van der Waals surface area contributed by atoms with Gasteiger partial charge >= 0.3 is 13.8 Å². The van der Waals surface area contributed by atoms with Crippen molar-refractivity contribution in [2.24, 2.45) is 0 Å². The summed E-state index contributed by atoms with van der Waals surface area (Å²) in [7, 11) is 1.61. The maximum Gasteiger partial charge on any atom is 0.472 e. The van der Waals surface area contributed by atoms with E-state index in [9.17, 15) is 14.3 Å². The molecule has 1 N–H and O–H groups in total. The van der Waals surface area contributed by atoms with E-state index in [4.69, 9.17) is 18.5 Å². The average molecular weight is 741 g/mol. The largest absolute Gasteiger partial charge is 0.498 e. The third-order valence-electron chi connectivity index (χ3n) is 8.46. The molecular weight excluding hydrogens is 661 g/mol. The second-order valence-electron chi connectivity index (χ2n) is 14.7. The highest BCUT2D eigenvalue weighted by molar-refractivity contribution is 7.47. The fraction of sp³-hybridized carbons (Fsp3) is 0.786. The number of nitrogens with zero attached hydrogens (tertiary/aromatic N) is 1. The summed E-state index contributed by atoms with van der Waals surface area (Å²) in [6.45, 7) is 4.84. The van der Waals surface area contributed by atoms with Crippen molar-refractivity contribution in [3.63, 3.8) is 0 Å². The van der Waals surface area contributed by atoms with E-state index >= 15 is 0 Å². The molecule has 1 unspecified atom stereocenters. The molecule has 0 aromatic rings. The fourth-order valence-corrected chi connectivity index (χ4v) is 5.97. The van der Waals surface area contributed by atoms with Crippen LogP contribution >= 0.6 is 7.82 Å². The molecule has 0 aromatic heterocycles. The Labute approximate surface area is 314 Å². The number of phosphoric acid groups is 1. The lowest BCUT2D eigenvalue weighted by Crippen LogP contribution is -2.37. The van der Waals surface area contributed by atoms with Gasteiger partial charge < -0.3 is 18.9 Å². The zero-order chi connectivity index (χ0) is 37.7. The Morgan fingerprint density at radius 2 is 1.10 bits per heavy atom. The Morgan fingerprint density at radius 3 is 1.67 bits per heavy atom. The summed E-state index contributed by atoms with van der Waals surface area (Å²) in [5.41, 5.74) is 0. The second kappa shape index (κ2) is 35.3. The maximum atomic E-state index is 12.6. The van der Waals surface area contributed by atoms with Gasteiger partial charge in [0.05, 0.1) is 34.0 Å². The van der Waals surface area contributed by atoms with Gasteiger partial charge in [0, 0.05) is 6.42 Å². The van der Waals surface area contributed by atoms with Gasteiger partial charge in [0.2, 0.25) is 0 Å². The summed E-state index contributed by atoms with van der Waals surface area (Å²) < 4.78 is 34.6. The number of hydrogen-bond acceptors (Lipinski definition) is 6. The van der Waals surface area contributed by atoms with Crippen LogP contribution in [0.3, 0.4) is 0 Å². The van der Waals surface area contributed by atoms with Crippen LogP contribution in [0.15, 0.2) is 48.8 Å². The zero-order valence-corrected chi connectivity index (χ0v) is 34.5. The molecule has 0 aliphatic rings. The van der Waals surface area contributed by atoms with Crippen molar-refractivity contribution >= 4 is 13.8 Å². The predicted octanol–water partition coefficient (Wildman–Crippen LogP) is 11.9. The number of likely N-dealkylation sites (N-methyl/N-ethyl adjacent to an activating group) is 1. The first-order valence-electron chi connectivity index (χ1n) is 20.4. The van der Waals surface area contributed by atoms with Crippen LogP contribution in [0, 0.1) is 0 Å². The van der Waals surface area contributed by atoms with E-state index in [1.165, 1.54) is 96.3 Å². The minimum atomic E-state index is -4.30. The lowest BCUT2D eigenvalue weighted by atomic mass is 10.0. The van der Waals surface area contributed by atoms with Gasteiger partial charge in [-0.1, -0.05) is 134 Å². The van der Waals surface area contributed by atoms with Gasteiger partial charge in [0.15, 0.2) is 6.10 Å². The number of carbonyl (C=O) groups is 1. The van der Waals surface area contributed by atoms with E-state index in [1.807, 2.05) is 27.2 Å². The van der Waals surface area contributed by atoms with Crippen LogP contribution in [0.2, 0.25) is 0 Å². The summed E-state index contributed by atoms with van der Waals surface area (Å²) in [6, 6.07) is 0. The number of hydrogen-bond donors (Lipinski definition) is 1. The molecule has 0 radical (unpaired) electrons. The maximum absolute atomic E-state index is 12.6. The number of carbonyl (C=O) groups excluding carboxylic acids is 1. The number of esters is 1. The topological polar surface area (TPSA) is 91.3 Å². The zero-order valence-electron chi connectivity index (χ0n) is 33.6. The van der Waals surface area contributed by atoms with E-state index in [-0.39, 0.29) is 32.2 Å². The van der Waals surface area contributed by atoms with Crippen molar-refractivity contribution < 1.29 is 37.3 Å². The molecule has 2 atom stereocenters. The molecular formula is C42H79NO7P+. The van der Waals surface area contributed by atoms with Crippen LogP contribution in [-0.4, -0.2) is 69.0 Å². The van der Waals surface area contributed by atoms with Crippen LogP contribution in [0.4, 0.5) is 0 Å². The van der Waals surface area contributed by atoms with Gasteiger partial charge in [-0.3, -0.25) is 13.8 Å². The van der Waals surface area contributed by atoms with Crippen LogP contribution in [-0.2, 0) is 27.9 Å². The summed E-state index contributed by atoms with van der Waals surface area (Å²) in [4.78, 5) is 22.8. The van der Waals surface area contributed by atoms with E-state index in [0.717, 1.165) is 38.5 Å². The third-order valence-corrected chi connectivity index (χ3v) is 9.44. The van der Waals surface area contributed by atoms with Crippen molar-refractivity contribution in [3.8, 4) is 0 Å². The van der Waals surface area contributed by atoms with E-state index in [2.05, 4.69) is 50.3 Å². The molecule has 0 saturated heterocycles. The molecule has 0 aliphatic carbocycles. The standard InChI is InChI=1S/C42H78NO7P/c1-6-8-10-12-14-16-18-20-22-23-25-27-29-31-33-35-42(44)50-41(40-49-51(45,46)48-38-36-43(3,4)5)39-47-37-34-32-30-28-26-24-21-19-17-15-13-11-9-7-2/h14,16,20,22,25,27,34,37,41H,6-13,15,17-19,21,23-24,26,28-33,35-36,38-40H2,1-5H3/p+1/b16-14-,22-20-,27-25-,37-34-/t41-/m1/s1. The van der Waals surface area contributed by atoms with Crippen LogP contribution in [0.5, 0.6) is 0 Å². The summed E-state index contributed by atoms with van der Waals surface area (Å²) in [5.74, 6) is -0.374. The molecule has 0 amide bonds. The molecule has 51 heavy (non-hydrogen) atoms. The quantitative estimate of drug-likeness (QED) is 0.0169. The molecule has 0 aliphatic heterocycles. The van der Waals surface area contributed by atoms with E-state index < -0.39 is 13.9 Å². The SMILES string of the molecule is CCCCC/C=C\C/C=C\C/C=C\CCCCC(=O)O[C@H](CO/C=C\CCCCCCCCCCCCCC)COP(=O)(O)OCC[N+](C)(C)C. The first kappa shape index (κ1) is 49.3. The Morgan fingerprint density at radius 1 is 0.627 bits per heavy atom. The fourth-order valence-electron chi connectivity index (χ4n) is 5.23. The second-order valence-corrected chi connectivity index (χ2v) is 16.2. The minimum absolute atomic E-state index is 0.0322. The molecule has 8 nitrogen and oxygen atoms in total. The normalized spacial score (nSPS) is 14.3. The number of quaternary nitrogens is 1.